The normalized spacial score (nSPS) is 13.0. The molecule has 1 aliphatic heterocycles. The van der Waals surface area contributed by atoms with E-state index in [9.17, 15) is 18.0 Å². The van der Waals surface area contributed by atoms with E-state index in [1.54, 1.807) is 12.4 Å². The number of anilines is 1. The molecule has 2 N–H and O–H groups in total. The molecule has 1 aliphatic rings. The highest BCUT2D eigenvalue weighted by Crippen LogP contribution is 2.18. The molecule has 0 bridgehead atoms. The van der Waals surface area contributed by atoms with Crippen LogP contribution < -0.4 is 5.32 Å². The molecule has 0 atom stereocenters. The maximum Gasteiger partial charge on any atom is 0.490 e. The maximum absolute atomic E-state index is 12.4. The summed E-state index contributed by atoms with van der Waals surface area (Å²) in [5.41, 5.74) is 5.17. The maximum atomic E-state index is 12.4. The molecule has 0 fully saturated rings. The van der Waals surface area contributed by atoms with Gasteiger partial charge in [-0.1, -0.05) is 0 Å². The monoisotopic (exact) mass is 451 g/mol. The minimum Gasteiger partial charge on any atom is -0.475 e. The number of nitrogens with zero attached hydrogens (tertiary/aromatic N) is 4. The second-order valence-corrected chi connectivity index (χ2v) is 6.89. The van der Waals surface area contributed by atoms with Crippen molar-refractivity contribution in [1.29, 1.82) is 0 Å². The number of aromatic nitrogens is 4. The zero-order chi connectivity index (χ0) is 23.5. The van der Waals surface area contributed by atoms with Crippen molar-refractivity contribution in [3.05, 3.63) is 59.4 Å². The lowest BCUT2D eigenvalue weighted by Crippen LogP contribution is -2.21. The minimum absolute atomic E-state index is 0.218. The number of carbonyl (C=O) groups excluding carboxylic acids is 1. The molecular weight excluding hydrogens is 431 g/mol. The second-order valence-electron chi connectivity index (χ2n) is 6.89. The Labute approximate surface area is 180 Å². The van der Waals surface area contributed by atoms with Crippen molar-refractivity contribution in [3.63, 3.8) is 0 Å². The van der Waals surface area contributed by atoms with Gasteiger partial charge in [-0.3, -0.25) is 9.48 Å². The van der Waals surface area contributed by atoms with Crippen LogP contribution in [-0.2, 0) is 22.7 Å². The number of fused-ring (bicyclic) bond motifs is 1. The molecule has 9 nitrogen and oxygen atoms in total. The highest BCUT2D eigenvalue weighted by atomic mass is 19.4. The fourth-order valence-electron chi connectivity index (χ4n) is 2.86. The molecule has 0 radical (unpaired) electrons. The van der Waals surface area contributed by atoms with Gasteiger partial charge in [0.1, 0.15) is 0 Å². The average molecular weight is 451 g/mol. The van der Waals surface area contributed by atoms with Gasteiger partial charge in [-0.15, -0.1) is 0 Å². The van der Waals surface area contributed by atoms with Crippen LogP contribution >= 0.6 is 0 Å². The van der Waals surface area contributed by atoms with Crippen molar-refractivity contribution in [2.45, 2.75) is 33.2 Å². The Balaban J connectivity index is 0.000000360. The Morgan fingerprint density at radius 3 is 2.38 bits per heavy atom. The molecule has 32 heavy (non-hydrogen) atoms. The van der Waals surface area contributed by atoms with Crippen molar-refractivity contribution in [2.24, 2.45) is 0 Å². The first-order valence-electron chi connectivity index (χ1n) is 9.43. The molecule has 2 aromatic heterocycles. The van der Waals surface area contributed by atoms with E-state index in [1.807, 2.05) is 47.4 Å². The predicted molar refractivity (Wildman–Crippen MR) is 107 cm³/mol. The van der Waals surface area contributed by atoms with Gasteiger partial charge in [0.2, 0.25) is 0 Å². The lowest BCUT2D eigenvalue weighted by atomic mass is 10.2. The lowest BCUT2D eigenvalue weighted by Gasteiger charge is -2.12. The number of ether oxygens (including phenoxy) is 1. The van der Waals surface area contributed by atoms with E-state index >= 15 is 0 Å². The number of hydrogen-bond donors (Lipinski definition) is 2. The number of amides is 1. The smallest absolute Gasteiger partial charge is 0.475 e. The molecular formula is C20H20F3N5O4. The number of benzene rings is 1. The molecule has 0 spiro atoms. The van der Waals surface area contributed by atoms with Gasteiger partial charge in [0.15, 0.2) is 5.69 Å². The van der Waals surface area contributed by atoms with Crippen molar-refractivity contribution in [1.82, 2.24) is 19.3 Å². The minimum atomic E-state index is -5.08. The third kappa shape index (κ3) is 5.32. The molecule has 4 rings (SSSR count). The molecule has 1 amide bonds. The molecule has 12 heteroatoms. The summed E-state index contributed by atoms with van der Waals surface area (Å²) >= 11 is 0. The number of aryl methyl sites for hydroxylation is 1. The number of carboxylic acid groups (broad SMARTS) is 1. The molecule has 0 saturated carbocycles. The van der Waals surface area contributed by atoms with Crippen LogP contribution in [0, 0.1) is 13.8 Å². The van der Waals surface area contributed by atoms with E-state index in [1.165, 1.54) is 0 Å². The van der Waals surface area contributed by atoms with Gasteiger partial charge in [0, 0.05) is 17.1 Å². The van der Waals surface area contributed by atoms with E-state index in [0.29, 0.717) is 25.5 Å². The fourth-order valence-corrected chi connectivity index (χ4v) is 2.86. The molecule has 0 aliphatic carbocycles. The Bertz CT molecular complexity index is 1100. The highest BCUT2D eigenvalue weighted by molar-refractivity contribution is 6.02. The van der Waals surface area contributed by atoms with E-state index in [2.05, 4.69) is 15.4 Å². The first kappa shape index (κ1) is 23.0. The molecule has 0 unspecified atom stereocenters. The number of aliphatic carboxylic acids is 1. The number of alkyl halides is 3. The lowest BCUT2D eigenvalue weighted by molar-refractivity contribution is -0.192. The number of carbonyl (C=O) groups is 2. The van der Waals surface area contributed by atoms with Crippen molar-refractivity contribution >= 4 is 17.6 Å². The Hall–Kier alpha value is -3.67. The summed E-state index contributed by atoms with van der Waals surface area (Å²) in [6, 6.07) is 9.44. The van der Waals surface area contributed by atoms with Gasteiger partial charge in [-0.2, -0.15) is 18.3 Å². The Morgan fingerprint density at radius 1 is 1.19 bits per heavy atom. The second kappa shape index (κ2) is 9.22. The van der Waals surface area contributed by atoms with E-state index in [0.717, 1.165) is 28.5 Å². The molecule has 170 valence electrons. The number of carboxylic acids is 1. The van der Waals surface area contributed by atoms with Gasteiger partial charge in [-0.25, -0.2) is 9.78 Å². The number of nitrogens with one attached hydrogen (secondary N) is 1. The van der Waals surface area contributed by atoms with Crippen LogP contribution in [0.4, 0.5) is 18.9 Å². The van der Waals surface area contributed by atoms with Crippen molar-refractivity contribution in [3.8, 4) is 5.69 Å². The summed E-state index contributed by atoms with van der Waals surface area (Å²) in [4.78, 5) is 25.6. The molecule has 1 aromatic carbocycles. The van der Waals surface area contributed by atoms with E-state index in [-0.39, 0.29) is 5.91 Å². The zero-order valence-electron chi connectivity index (χ0n) is 17.2. The Morgan fingerprint density at radius 2 is 1.84 bits per heavy atom. The third-order valence-corrected chi connectivity index (χ3v) is 4.69. The fraction of sp³-hybridized carbons (Fsp3) is 0.300. The quantitative estimate of drug-likeness (QED) is 0.633. The van der Waals surface area contributed by atoms with E-state index < -0.39 is 12.1 Å². The van der Waals surface area contributed by atoms with Crippen LogP contribution in [0.25, 0.3) is 5.69 Å². The van der Waals surface area contributed by atoms with Gasteiger partial charge in [0.25, 0.3) is 5.91 Å². The summed E-state index contributed by atoms with van der Waals surface area (Å²) in [7, 11) is 0. The van der Waals surface area contributed by atoms with Crippen LogP contribution in [0.2, 0.25) is 0 Å². The first-order valence-corrected chi connectivity index (χ1v) is 9.43. The predicted octanol–water partition coefficient (Wildman–Crippen LogP) is 3.10. The summed E-state index contributed by atoms with van der Waals surface area (Å²) in [5, 5.41) is 14.3. The van der Waals surface area contributed by atoms with Gasteiger partial charge in [-0.05, 0) is 44.2 Å². The summed E-state index contributed by atoms with van der Waals surface area (Å²) < 4.78 is 41.0. The number of imidazole rings is 1. The molecule has 3 aromatic rings. The average Bonchev–Trinajstić information content (AvgIpc) is 3.32. The number of hydrogen-bond acceptors (Lipinski definition) is 5. The van der Waals surface area contributed by atoms with Crippen LogP contribution in [0.15, 0.2) is 36.7 Å². The third-order valence-electron chi connectivity index (χ3n) is 4.69. The number of halogens is 3. The summed E-state index contributed by atoms with van der Waals surface area (Å²) in [6.45, 7) is 5.82. The van der Waals surface area contributed by atoms with Crippen LogP contribution in [-0.4, -0.2) is 49.1 Å². The topological polar surface area (TPSA) is 111 Å². The number of rotatable bonds is 3. The SMILES string of the molecule is Cc1ncn(-c2ccc(NC(=O)c3cc4n(n3)CCOC4)cc2)c1C.O=C(O)C(F)(F)F. The molecule has 3 heterocycles. The summed E-state index contributed by atoms with van der Waals surface area (Å²) in [6.07, 6.45) is -3.28. The van der Waals surface area contributed by atoms with Gasteiger partial charge < -0.3 is 19.7 Å². The zero-order valence-corrected chi connectivity index (χ0v) is 17.2. The van der Waals surface area contributed by atoms with Crippen molar-refractivity contribution < 1.29 is 32.6 Å². The first-order chi connectivity index (χ1) is 15.1. The van der Waals surface area contributed by atoms with Crippen molar-refractivity contribution in [2.75, 3.05) is 11.9 Å². The van der Waals surface area contributed by atoms with E-state index in [4.69, 9.17) is 14.6 Å². The molecule has 0 saturated heterocycles. The Kier molecular flexibility index (Phi) is 6.63. The van der Waals surface area contributed by atoms with Gasteiger partial charge >= 0.3 is 12.1 Å². The summed E-state index contributed by atoms with van der Waals surface area (Å²) in [5.74, 6) is -2.98. The van der Waals surface area contributed by atoms with Crippen LogP contribution in [0.3, 0.4) is 0 Å². The van der Waals surface area contributed by atoms with Crippen LogP contribution in [0.5, 0.6) is 0 Å². The largest absolute Gasteiger partial charge is 0.490 e. The highest BCUT2D eigenvalue weighted by Gasteiger charge is 2.38. The standard InChI is InChI=1S/C18H19N5O2.C2HF3O2/c1-12-13(2)22(11-19-12)15-5-3-14(4-6-15)20-18(24)17-9-16-10-25-8-7-23(16)21-17;3-2(4,5)1(6)7/h3-6,9,11H,7-8,10H2,1-2H3,(H,20,24);(H,6,7). The van der Waals surface area contributed by atoms with Crippen LogP contribution in [0.1, 0.15) is 27.6 Å². The van der Waals surface area contributed by atoms with Gasteiger partial charge in [0.05, 0.1) is 37.5 Å².